The van der Waals surface area contributed by atoms with Crippen LogP contribution in [0.4, 0.5) is 8.78 Å². The molecule has 1 aliphatic carbocycles. The number of nitrogens with zero attached hydrogens (tertiary/aromatic N) is 2. The molecule has 32 heteroatoms. The number of halogens is 2. The first-order valence-corrected chi connectivity index (χ1v) is 33.8. The summed E-state index contributed by atoms with van der Waals surface area (Å²) in [7, 11) is 1.44. The minimum atomic E-state index is -2.07. The molecule has 30 nitrogen and oxygen atoms in total. The van der Waals surface area contributed by atoms with E-state index in [4.69, 9.17) is 10.5 Å². The summed E-state index contributed by atoms with van der Waals surface area (Å²) in [5.74, 6) is -13.5. The molecule has 0 radical (unpaired) electrons. The van der Waals surface area contributed by atoms with Gasteiger partial charge in [0.05, 0.1) is 26.3 Å². The number of benzene rings is 4. The number of fused-ring (bicyclic) bond motifs is 35. The molecule has 1 fully saturated rings. The number of hydrogen-bond acceptors (Lipinski definition) is 15. The molecular weight excluding hydrogens is 1350 g/mol. The Balaban J connectivity index is 1.06. The molecule has 6 aromatic rings. The lowest BCUT2D eigenvalue weighted by atomic mass is 9.95. The predicted octanol–water partition coefficient (Wildman–Crippen LogP) is 0.654. The Bertz CT molecular complexity index is 4260. The standard InChI is InChI=1S/C72H83F2N15O15/c1-38-64(96)83-55(27-44-13-12-43-14-15-46(73)29-50(43)44)66(98)84-56(28-45-35-78-52-19-16-47(74)30-51(45)52)67(99)86-58(33-62(93)94)69(101)85-57(31-48-36-76-37-80-48)68(100)87-59(26-41-10-17-49(104-4)18-11-41)70(102)89-25-5-23-72(89,3)71(103)88-54(63(75)95)32-61(92)77-24-22-40-6-8-42(9-7-40)34-79-60(91)21-20-53(65(97)81-38)82-39(2)90/h6-11,13-19,29-30,35-38,53-59,78H,5,12,20-28,31-34H2,1-4H3,(H2,75,95)(H,76,80)(H,77,92)(H,79,91)(H,81,97)(H,82,90)(H,83,96)(H,84,98)(H,85,101)(H,86,99)(H,87,100)(H,88,103)(H,93,94)/t38-,53-,54+,55+,56+,57+,58+,59+,72+/m1/s1. The van der Waals surface area contributed by atoms with Gasteiger partial charge in [0.25, 0.3) is 0 Å². The van der Waals surface area contributed by atoms with Crippen LogP contribution in [0.5, 0.6) is 5.75 Å². The summed E-state index contributed by atoms with van der Waals surface area (Å²) in [6, 6.07) is 7.99. The first-order valence-electron chi connectivity index (χ1n) is 33.8. The minimum Gasteiger partial charge on any atom is -0.497 e. The van der Waals surface area contributed by atoms with Crippen molar-refractivity contribution in [3.63, 3.8) is 0 Å². The summed E-state index contributed by atoms with van der Waals surface area (Å²) in [5.41, 5.74) is 8.28. The number of carboxylic acids is 1. The molecule has 12 amide bonds. The van der Waals surface area contributed by atoms with Crippen molar-refractivity contribution in [2.45, 2.75) is 158 Å². The van der Waals surface area contributed by atoms with E-state index in [0.29, 0.717) is 51.9 Å². The van der Waals surface area contributed by atoms with E-state index in [9.17, 15) is 57.0 Å². The van der Waals surface area contributed by atoms with E-state index in [0.717, 1.165) is 18.6 Å². The van der Waals surface area contributed by atoms with Crippen molar-refractivity contribution in [1.82, 2.24) is 73.0 Å². The number of hydrogen-bond donors (Lipinski definition) is 14. The number of amides is 12. The smallest absolute Gasteiger partial charge is 0.305 e. The van der Waals surface area contributed by atoms with Crippen LogP contribution in [0, 0.1) is 11.6 Å². The number of aromatic amines is 2. The van der Waals surface area contributed by atoms with Gasteiger partial charge in [-0.1, -0.05) is 48.5 Å². The molecule has 0 unspecified atom stereocenters. The highest BCUT2D eigenvalue weighted by molar-refractivity contribution is 6.01. The number of aromatic nitrogens is 3. The lowest BCUT2D eigenvalue weighted by molar-refractivity contribution is -0.147. The fraction of sp³-hybridized carbons (Fsp3) is 0.389. The van der Waals surface area contributed by atoms with Crippen molar-refractivity contribution in [2.75, 3.05) is 20.2 Å². The van der Waals surface area contributed by atoms with E-state index in [1.165, 1.54) is 68.8 Å². The molecular formula is C72H83F2N15O15. The molecule has 15 N–H and O–H groups in total. The molecule has 550 valence electrons. The third-order valence-corrected chi connectivity index (χ3v) is 18.5. The second-order valence-corrected chi connectivity index (χ2v) is 26.1. The zero-order valence-corrected chi connectivity index (χ0v) is 57.5. The lowest BCUT2D eigenvalue weighted by Crippen LogP contribution is -2.63. The van der Waals surface area contributed by atoms with Gasteiger partial charge in [-0.2, -0.15) is 0 Å². The maximum Gasteiger partial charge on any atom is 0.305 e. The van der Waals surface area contributed by atoms with Crippen molar-refractivity contribution in [3.05, 3.63) is 160 Å². The SMILES string of the molecule is COc1ccc(C[C@@H]2NC(=O)[C@H](Cc3cnc[nH]3)NC(=O)[C@H](CC(=O)O)NC(=O)[C@H](Cc3c[nH]c4ccc(F)cc34)NC(=O)[C@H](CC3=CCc4ccc(F)cc43)NC(=O)[C@@H](C)NC(=O)[C@H](NC(C)=O)CCC(=O)NCc3ccc(cc3)CCNC(=O)C[C@@H](C(N)=O)NC(=O)[C@]3(C)CCCN3C2=O)cc1. The van der Waals surface area contributed by atoms with Crippen LogP contribution in [0.25, 0.3) is 16.5 Å². The molecule has 1 saturated heterocycles. The number of aliphatic carboxylic acids is 1. The van der Waals surface area contributed by atoms with Crippen LogP contribution in [-0.2, 0) is 101 Å². The Labute approximate surface area is 595 Å². The minimum absolute atomic E-state index is 0.0396. The number of carbonyl (C=O) groups excluding carboxylic acids is 12. The molecule has 9 atom stereocenters. The topological polar surface area (TPSA) is 445 Å². The number of carbonyl (C=O) groups is 13. The predicted molar refractivity (Wildman–Crippen MR) is 370 cm³/mol. The van der Waals surface area contributed by atoms with E-state index in [1.54, 1.807) is 60.7 Å². The zero-order chi connectivity index (χ0) is 74.9. The van der Waals surface area contributed by atoms with Crippen molar-refractivity contribution >= 4 is 93.3 Å². The van der Waals surface area contributed by atoms with Crippen molar-refractivity contribution in [3.8, 4) is 5.75 Å². The van der Waals surface area contributed by atoms with Gasteiger partial charge < -0.3 is 83.6 Å². The Hall–Kier alpha value is -11.9. The van der Waals surface area contributed by atoms with Crippen molar-refractivity contribution in [2.24, 2.45) is 5.73 Å². The van der Waals surface area contributed by atoms with E-state index in [2.05, 4.69) is 68.1 Å². The highest BCUT2D eigenvalue weighted by Gasteiger charge is 2.49. The summed E-state index contributed by atoms with van der Waals surface area (Å²) in [6.07, 6.45) is 2.84. The number of ether oxygens (including phenoxy) is 1. The van der Waals surface area contributed by atoms with E-state index in [1.807, 2.05) is 0 Å². The molecule has 4 aliphatic rings. The molecule has 2 bridgehead atoms. The van der Waals surface area contributed by atoms with Crippen LogP contribution in [0.1, 0.15) is 105 Å². The summed E-state index contributed by atoms with van der Waals surface area (Å²) in [4.78, 5) is 194. The number of rotatable bonds is 13. The third-order valence-electron chi connectivity index (χ3n) is 18.5. The van der Waals surface area contributed by atoms with E-state index < -0.39 is 168 Å². The van der Waals surface area contributed by atoms with Crippen molar-refractivity contribution < 1.29 is 81.0 Å². The fourth-order valence-corrected chi connectivity index (χ4v) is 12.7. The van der Waals surface area contributed by atoms with Gasteiger partial charge in [0.15, 0.2) is 0 Å². The van der Waals surface area contributed by atoms with Crippen LogP contribution in [0.2, 0.25) is 0 Å². The monoisotopic (exact) mass is 1440 g/mol. The Kier molecular flexibility index (Phi) is 25.4. The molecule has 0 spiro atoms. The number of allylic oxidation sites excluding steroid dienone is 1. The van der Waals surface area contributed by atoms with Crippen LogP contribution < -0.4 is 63.6 Å². The molecule has 4 aromatic carbocycles. The average molecular weight is 1440 g/mol. The lowest BCUT2D eigenvalue weighted by Gasteiger charge is -2.37. The van der Waals surface area contributed by atoms with Crippen LogP contribution in [0.3, 0.4) is 0 Å². The number of nitrogens with one attached hydrogen (secondary N) is 12. The Morgan fingerprint density at radius 2 is 1.35 bits per heavy atom. The average Bonchev–Trinajstić information content (AvgIpc) is 1.61. The second kappa shape index (κ2) is 34.7. The van der Waals surface area contributed by atoms with Crippen LogP contribution in [0.15, 0.2) is 110 Å². The normalized spacial score (nSPS) is 23.5. The maximum absolute atomic E-state index is 15.3. The van der Waals surface area contributed by atoms with Gasteiger partial charge in [0.2, 0.25) is 70.9 Å². The highest BCUT2D eigenvalue weighted by atomic mass is 19.1. The van der Waals surface area contributed by atoms with Gasteiger partial charge in [-0.05, 0) is 127 Å². The third kappa shape index (κ3) is 20.2. The van der Waals surface area contributed by atoms with Gasteiger partial charge >= 0.3 is 5.97 Å². The molecule has 3 aliphatic heterocycles. The van der Waals surface area contributed by atoms with E-state index >= 15 is 19.2 Å². The van der Waals surface area contributed by atoms with Gasteiger partial charge in [-0.15, -0.1) is 0 Å². The number of methoxy groups -OCH3 is 1. The fourth-order valence-electron chi connectivity index (χ4n) is 12.7. The van der Waals surface area contributed by atoms with E-state index in [-0.39, 0.29) is 74.8 Å². The molecule has 10 rings (SSSR count). The number of carboxylic acid groups (broad SMARTS) is 1. The summed E-state index contributed by atoms with van der Waals surface area (Å²) >= 11 is 0. The number of nitrogens with two attached hydrogens (primary N) is 1. The molecule has 104 heavy (non-hydrogen) atoms. The Morgan fingerprint density at radius 3 is 2.02 bits per heavy atom. The number of primary amides is 1. The number of H-pyrrole nitrogens is 2. The van der Waals surface area contributed by atoms with Gasteiger partial charge in [-0.25, -0.2) is 13.8 Å². The van der Waals surface area contributed by atoms with Crippen LogP contribution in [-0.4, -0.2) is 176 Å². The van der Waals surface area contributed by atoms with Gasteiger partial charge in [0, 0.05) is 87.7 Å². The molecule has 5 heterocycles. The highest BCUT2D eigenvalue weighted by Crippen LogP contribution is 2.33. The number of imidazole rings is 1. The summed E-state index contributed by atoms with van der Waals surface area (Å²) in [6.45, 7) is 3.96. The largest absolute Gasteiger partial charge is 0.497 e. The first kappa shape index (κ1) is 76.3. The van der Waals surface area contributed by atoms with Gasteiger partial charge in [-0.3, -0.25) is 62.3 Å². The summed E-state index contributed by atoms with van der Waals surface area (Å²) in [5, 5.41) is 36.6. The zero-order valence-electron chi connectivity index (χ0n) is 57.5. The van der Waals surface area contributed by atoms with Crippen LogP contribution >= 0.6 is 0 Å². The Morgan fingerprint density at radius 1 is 0.702 bits per heavy atom. The quantitative estimate of drug-likeness (QED) is 0.0706. The molecule has 2 aromatic heterocycles. The molecule has 0 saturated carbocycles. The van der Waals surface area contributed by atoms with Crippen molar-refractivity contribution in [1.29, 1.82) is 0 Å². The maximum atomic E-state index is 15.3. The first-order chi connectivity index (χ1) is 49.6. The summed E-state index contributed by atoms with van der Waals surface area (Å²) < 4.78 is 35.3. The second-order valence-electron chi connectivity index (χ2n) is 26.1. The van der Waals surface area contributed by atoms with Gasteiger partial charge in [0.1, 0.15) is 71.3 Å².